The molecule has 7 nitrogen and oxygen atoms in total. The molecular formula is C17H24N2O5S. The molecule has 2 N–H and O–H groups in total. The van der Waals surface area contributed by atoms with Crippen LogP contribution in [0.4, 0.5) is 0 Å². The van der Waals surface area contributed by atoms with Crippen LogP contribution in [-0.4, -0.2) is 48.9 Å². The number of aliphatic carboxylic acids is 1. The van der Waals surface area contributed by atoms with E-state index in [0.717, 1.165) is 18.4 Å². The third-order valence-electron chi connectivity index (χ3n) is 4.01. The Morgan fingerprint density at radius 1 is 1.24 bits per heavy atom. The van der Waals surface area contributed by atoms with Gasteiger partial charge in [-0.2, -0.15) is 0 Å². The summed E-state index contributed by atoms with van der Waals surface area (Å²) in [6, 6.07) is 6.30. The second-order valence-electron chi connectivity index (χ2n) is 6.55. The number of carbonyl (C=O) groups excluding carboxylic acids is 1. The topological polar surface area (TPSA) is 104 Å². The molecule has 0 radical (unpaired) electrons. The van der Waals surface area contributed by atoms with Crippen LogP contribution in [0.3, 0.4) is 0 Å². The second-order valence-corrected chi connectivity index (χ2v) is 8.26. The summed E-state index contributed by atoms with van der Waals surface area (Å²) in [5.74, 6) is -1.27. The van der Waals surface area contributed by atoms with Crippen LogP contribution in [0.2, 0.25) is 0 Å². The van der Waals surface area contributed by atoms with E-state index >= 15 is 0 Å². The molecule has 1 aliphatic rings. The van der Waals surface area contributed by atoms with Crippen molar-refractivity contribution in [3.63, 3.8) is 0 Å². The lowest BCUT2D eigenvalue weighted by molar-refractivity contribution is -0.145. The van der Waals surface area contributed by atoms with E-state index in [4.69, 9.17) is 5.11 Å². The summed E-state index contributed by atoms with van der Waals surface area (Å²) in [4.78, 5) is 24.6. The zero-order valence-electron chi connectivity index (χ0n) is 14.4. The molecule has 0 aromatic heterocycles. The Bertz CT molecular complexity index is 724. The van der Waals surface area contributed by atoms with Crippen molar-refractivity contribution in [1.29, 1.82) is 0 Å². The van der Waals surface area contributed by atoms with Crippen LogP contribution < -0.4 is 4.72 Å². The van der Waals surface area contributed by atoms with Gasteiger partial charge in [-0.1, -0.05) is 12.1 Å². The van der Waals surface area contributed by atoms with Gasteiger partial charge in [-0.25, -0.2) is 13.1 Å². The first kappa shape index (κ1) is 19.4. The Morgan fingerprint density at radius 3 is 2.32 bits per heavy atom. The van der Waals surface area contributed by atoms with Gasteiger partial charge in [0.15, 0.2) is 0 Å². The third kappa shape index (κ3) is 5.82. The molecular weight excluding hydrogens is 344 g/mol. The molecule has 1 aromatic carbocycles. The molecule has 1 fully saturated rings. The fourth-order valence-electron chi connectivity index (χ4n) is 2.42. The summed E-state index contributed by atoms with van der Waals surface area (Å²) >= 11 is 0. The van der Waals surface area contributed by atoms with Crippen LogP contribution in [0.15, 0.2) is 29.2 Å². The molecule has 0 aliphatic heterocycles. The first-order chi connectivity index (χ1) is 11.7. The number of carboxylic acid groups (broad SMARTS) is 1. The van der Waals surface area contributed by atoms with Crippen molar-refractivity contribution in [2.24, 2.45) is 0 Å². The van der Waals surface area contributed by atoms with E-state index < -0.39 is 16.0 Å². The zero-order valence-corrected chi connectivity index (χ0v) is 15.3. The van der Waals surface area contributed by atoms with Crippen molar-refractivity contribution in [2.75, 3.05) is 6.54 Å². The number of hydrogen-bond acceptors (Lipinski definition) is 4. The maximum absolute atomic E-state index is 12.2. The first-order valence-electron chi connectivity index (χ1n) is 8.31. The van der Waals surface area contributed by atoms with E-state index in [1.54, 1.807) is 26.0 Å². The smallest absolute Gasteiger partial charge is 0.323 e. The standard InChI is InChI=1S/C17H24N2O5S/c1-12(2)19(11-17(21)22)16(20)10-5-13-3-8-15(9-4-13)25(23,24)18-14-6-7-14/h3-4,8-9,12,14,18H,5-7,10-11H2,1-2H3,(H,21,22). The number of sulfonamides is 1. The SMILES string of the molecule is CC(C)N(CC(=O)O)C(=O)CCc1ccc(S(=O)(=O)NC2CC2)cc1. The van der Waals surface area contributed by atoms with Gasteiger partial charge in [-0.3, -0.25) is 9.59 Å². The molecule has 1 amide bonds. The monoisotopic (exact) mass is 368 g/mol. The molecule has 1 saturated carbocycles. The number of hydrogen-bond donors (Lipinski definition) is 2. The van der Waals surface area contributed by atoms with E-state index in [0.29, 0.717) is 6.42 Å². The van der Waals surface area contributed by atoms with Gasteiger partial charge in [0.1, 0.15) is 6.54 Å². The Kier molecular flexibility index (Phi) is 6.18. The lowest BCUT2D eigenvalue weighted by Gasteiger charge is -2.24. The van der Waals surface area contributed by atoms with E-state index in [1.165, 1.54) is 17.0 Å². The van der Waals surface area contributed by atoms with Gasteiger partial charge in [0.25, 0.3) is 0 Å². The summed E-state index contributed by atoms with van der Waals surface area (Å²) in [7, 11) is -3.47. The average Bonchev–Trinajstić information content (AvgIpc) is 3.33. The number of amides is 1. The zero-order chi connectivity index (χ0) is 18.6. The Balaban J connectivity index is 1.94. The molecule has 0 saturated heterocycles. The summed E-state index contributed by atoms with van der Waals surface area (Å²) < 4.78 is 26.8. The molecule has 0 heterocycles. The van der Waals surface area contributed by atoms with Crippen molar-refractivity contribution in [1.82, 2.24) is 9.62 Å². The second kappa shape index (κ2) is 7.97. The first-order valence-corrected chi connectivity index (χ1v) is 9.80. The van der Waals surface area contributed by atoms with E-state index in [2.05, 4.69) is 4.72 Å². The highest BCUT2D eigenvalue weighted by Gasteiger charge is 2.27. The summed E-state index contributed by atoms with van der Waals surface area (Å²) in [5, 5.41) is 8.88. The van der Waals surface area contributed by atoms with Gasteiger partial charge in [0.05, 0.1) is 4.90 Å². The highest BCUT2D eigenvalue weighted by molar-refractivity contribution is 7.89. The van der Waals surface area contributed by atoms with Gasteiger partial charge in [0, 0.05) is 18.5 Å². The fraction of sp³-hybridized carbons (Fsp3) is 0.529. The number of aryl methyl sites for hydroxylation is 1. The molecule has 1 aromatic rings. The highest BCUT2D eigenvalue weighted by atomic mass is 32.2. The maximum Gasteiger partial charge on any atom is 0.323 e. The van der Waals surface area contributed by atoms with Crippen LogP contribution in [-0.2, 0) is 26.0 Å². The number of rotatable bonds is 9. The van der Waals surface area contributed by atoms with Gasteiger partial charge < -0.3 is 10.0 Å². The summed E-state index contributed by atoms with van der Waals surface area (Å²) in [6.07, 6.45) is 2.36. The van der Waals surface area contributed by atoms with Crippen LogP contribution in [0, 0.1) is 0 Å². The highest BCUT2D eigenvalue weighted by Crippen LogP contribution is 2.22. The molecule has 0 spiro atoms. The van der Waals surface area contributed by atoms with Crippen molar-refractivity contribution < 1.29 is 23.1 Å². The maximum atomic E-state index is 12.2. The Hall–Kier alpha value is -1.93. The number of nitrogens with one attached hydrogen (secondary N) is 1. The van der Waals surface area contributed by atoms with Crippen molar-refractivity contribution in [2.45, 2.75) is 56.5 Å². The number of benzene rings is 1. The molecule has 1 aliphatic carbocycles. The molecule has 0 bridgehead atoms. The van der Waals surface area contributed by atoms with Crippen LogP contribution in [0.1, 0.15) is 38.7 Å². The number of nitrogens with zero attached hydrogens (tertiary/aromatic N) is 1. The summed E-state index contributed by atoms with van der Waals surface area (Å²) in [5.41, 5.74) is 0.831. The Morgan fingerprint density at radius 2 is 1.84 bits per heavy atom. The van der Waals surface area contributed by atoms with Gasteiger partial charge in [-0.15, -0.1) is 0 Å². The van der Waals surface area contributed by atoms with Crippen molar-refractivity contribution >= 4 is 21.9 Å². The minimum atomic E-state index is -3.47. The minimum absolute atomic E-state index is 0.0542. The average molecular weight is 368 g/mol. The molecule has 0 atom stereocenters. The predicted molar refractivity (Wildman–Crippen MR) is 92.6 cm³/mol. The van der Waals surface area contributed by atoms with E-state index in [-0.39, 0.29) is 35.9 Å². The lowest BCUT2D eigenvalue weighted by Crippen LogP contribution is -2.40. The summed E-state index contributed by atoms with van der Waals surface area (Å²) in [6.45, 7) is 3.22. The molecule has 0 unspecified atom stereocenters. The normalized spacial score (nSPS) is 14.5. The van der Waals surface area contributed by atoms with E-state index in [9.17, 15) is 18.0 Å². The van der Waals surface area contributed by atoms with E-state index in [1.807, 2.05) is 0 Å². The largest absolute Gasteiger partial charge is 0.480 e. The molecule has 138 valence electrons. The van der Waals surface area contributed by atoms with Gasteiger partial charge in [-0.05, 0) is 50.8 Å². The van der Waals surface area contributed by atoms with Crippen LogP contribution in [0.5, 0.6) is 0 Å². The minimum Gasteiger partial charge on any atom is -0.480 e. The molecule has 8 heteroatoms. The number of carbonyl (C=O) groups is 2. The molecule has 2 rings (SSSR count). The van der Waals surface area contributed by atoms with Crippen LogP contribution in [0.25, 0.3) is 0 Å². The lowest BCUT2D eigenvalue weighted by atomic mass is 10.1. The van der Waals surface area contributed by atoms with Crippen molar-refractivity contribution in [3.8, 4) is 0 Å². The predicted octanol–water partition coefficient (Wildman–Crippen LogP) is 1.38. The number of carboxylic acids is 1. The van der Waals surface area contributed by atoms with Crippen molar-refractivity contribution in [3.05, 3.63) is 29.8 Å². The molecule has 25 heavy (non-hydrogen) atoms. The van der Waals surface area contributed by atoms with Gasteiger partial charge in [0.2, 0.25) is 15.9 Å². The van der Waals surface area contributed by atoms with Crippen LogP contribution >= 0.6 is 0 Å². The fourth-order valence-corrected chi connectivity index (χ4v) is 3.73. The quantitative estimate of drug-likeness (QED) is 0.685. The van der Waals surface area contributed by atoms with Gasteiger partial charge >= 0.3 is 5.97 Å². The third-order valence-corrected chi connectivity index (χ3v) is 5.55. The Labute approximate surface area is 148 Å².